The third-order valence-electron chi connectivity index (χ3n) is 2.39. The summed E-state index contributed by atoms with van der Waals surface area (Å²) >= 11 is 0. The van der Waals surface area contributed by atoms with Gasteiger partial charge in [-0.15, -0.1) is 0 Å². The Morgan fingerprint density at radius 2 is 1.94 bits per heavy atom. The van der Waals surface area contributed by atoms with Gasteiger partial charge < -0.3 is 10.5 Å². The predicted octanol–water partition coefficient (Wildman–Crippen LogP) is -0.721. The van der Waals surface area contributed by atoms with Crippen LogP contribution >= 0.6 is 0 Å². The van der Waals surface area contributed by atoms with Gasteiger partial charge in [0.05, 0.1) is 13.2 Å². The molecule has 0 saturated carbocycles. The lowest BCUT2D eigenvalue weighted by Gasteiger charge is -2.28. The molecule has 0 spiro atoms. The van der Waals surface area contributed by atoms with Crippen molar-refractivity contribution in [2.45, 2.75) is 32.4 Å². The van der Waals surface area contributed by atoms with Crippen LogP contribution in [0.4, 0.5) is 0 Å². The molecule has 0 aromatic carbocycles. The number of hydrogen-bond donors (Lipinski definition) is 2. The van der Waals surface area contributed by atoms with Crippen LogP contribution in [0.3, 0.4) is 0 Å². The first kappa shape index (κ1) is 13.9. The van der Waals surface area contributed by atoms with Gasteiger partial charge in [-0.2, -0.15) is 17.4 Å². The molecule has 7 heteroatoms. The number of morpholine rings is 1. The fraction of sp³-hybridized carbons (Fsp3) is 1.00. The van der Waals surface area contributed by atoms with E-state index in [1.165, 1.54) is 4.31 Å². The summed E-state index contributed by atoms with van der Waals surface area (Å²) in [5.41, 5.74) is 5.62. The van der Waals surface area contributed by atoms with Gasteiger partial charge >= 0.3 is 0 Å². The SMILES string of the molecule is CC(N)CC(C)NS(=O)(=O)N1CCOCC1. The molecule has 1 rings (SSSR count). The number of hydrogen-bond acceptors (Lipinski definition) is 4. The number of nitrogens with two attached hydrogens (primary N) is 1. The first-order chi connectivity index (χ1) is 7.42. The van der Waals surface area contributed by atoms with Gasteiger partial charge in [-0.25, -0.2) is 0 Å². The third kappa shape index (κ3) is 4.34. The molecule has 1 saturated heterocycles. The van der Waals surface area contributed by atoms with E-state index >= 15 is 0 Å². The zero-order valence-electron chi connectivity index (χ0n) is 9.85. The average molecular weight is 251 g/mol. The molecule has 2 atom stereocenters. The highest BCUT2D eigenvalue weighted by Gasteiger charge is 2.25. The lowest BCUT2D eigenvalue weighted by Crippen LogP contribution is -2.49. The topological polar surface area (TPSA) is 84.7 Å². The average Bonchev–Trinajstić information content (AvgIpc) is 2.16. The molecule has 0 radical (unpaired) electrons. The van der Waals surface area contributed by atoms with Crippen molar-refractivity contribution in [3.8, 4) is 0 Å². The largest absolute Gasteiger partial charge is 0.379 e. The van der Waals surface area contributed by atoms with Crippen molar-refractivity contribution in [2.24, 2.45) is 5.73 Å². The summed E-state index contributed by atoms with van der Waals surface area (Å²) < 4.78 is 32.9. The molecule has 1 heterocycles. The van der Waals surface area contributed by atoms with E-state index in [1.54, 1.807) is 0 Å². The Morgan fingerprint density at radius 1 is 1.38 bits per heavy atom. The molecule has 0 aliphatic carbocycles. The Balaban J connectivity index is 2.49. The lowest BCUT2D eigenvalue weighted by molar-refractivity contribution is 0.0723. The third-order valence-corrected chi connectivity index (χ3v) is 4.13. The van der Waals surface area contributed by atoms with E-state index < -0.39 is 10.2 Å². The quantitative estimate of drug-likeness (QED) is 0.675. The predicted molar refractivity (Wildman–Crippen MR) is 62.2 cm³/mol. The highest BCUT2D eigenvalue weighted by atomic mass is 32.2. The van der Waals surface area contributed by atoms with Gasteiger partial charge in [-0.1, -0.05) is 0 Å². The first-order valence-electron chi connectivity index (χ1n) is 5.52. The van der Waals surface area contributed by atoms with E-state index in [4.69, 9.17) is 10.5 Å². The maximum absolute atomic E-state index is 11.9. The standard InChI is InChI=1S/C9H21N3O3S/c1-8(10)7-9(2)11-16(13,14)12-3-5-15-6-4-12/h8-9,11H,3-7,10H2,1-2H3. The molecular formula is C9H21N3O3S. The molecule has 1 aliphatic rings. The minimum Gasteiger partial charge on any atom is -0.379 e. The van der Waals surface area contributed by atoms with Crippen LogP contribution in [0.2, 0.25) is 0 Å². The van der Waals surface area contributed by atoms with E-state index in [0.29, 0.717) is 32.7 Å². The number of rotatable bonds is 5. The van der Waals surface area contributed by atoms with E-state index in [9.17, 15) is 8.42 Å². The maximum atomic E-state index is 11.9. The Kier molecular flexibility index (Phi) is 5.13. The van der Waals surface area contributed by atoms with Gasteiger partial charge in [-0.05, 0) is 20.3 Å². The Labute approximate surface area is 97.3 Å². The maximum Gasteiger partial charge on any atom is 0.279 e. The van der Waals surface area contributed by atoms with E-state index in [1.807, 2.05) is 13.8 Å². The molecular weight excluding hydrogens is 230 g/mol. The molecule has 2 unspecified atom stereocenters. The van der Waals surface area contributed by atoms with Crippen molar-refractivity contribution in [1.82, 2.24) is 9.03 Å². The molecule has 6 nitrogen and oxygen atoms in total. The Bertz CT molecular complexity index is 299. The summed E-state index contributed by atoms with van der Waals surface area (Å²) in [6.07, 6.45) is 0.629. The first-order valence-corrected chi connectivity index (χ1v) is 6.96. The molecule has 16 heavy (non-hydrogen) atoms. The molecule has 3 N–H and O–H groups in total. The van der Waals surface area contributed by atoms with Crippen LogP contribution in [-0.4, -0.2) is 51.1 Å². The van der Waals surface area contributed by atoms with Crippen molar-refractivity contribution in [2.75, 3.05) is 26.3 Å². The Morgan fingerprint density at radius 3 is 2.44 bits per heavy atom. The molecule has 1 aliphatic heterocycles. The lowest BCUT2D eigenvalue weighted by atomic mass is 10.1. The van der Waals surface area contributed by atoms with Crippen LogP contribution in [0.25, 0.3) is 0 Å². The van der Waals surface area contributed by atoms with Crippen LogP contribution in [-0.2, 0) is 14.9 Å². The van der Waals surface area contributed by atoms with Gasteiger partial charge in [0, 0.05) is 25.2 Å². The summed E-state index contributed by atoms with van der Waals surface area (Å²) in [7, 11) is -3.38. The van der Waals surface area contributed by atoms with Gasteiger partial charge in [-0.3, -0.25) is 0 Å². The van der Waals surface area contributed by atoms with Gasteiger partial charge in [0.15, 0.2) is 0 Å². The van der Waals surface area contributed by atoms with Crippen molar-refractivity contribution in [1.29, 1.82) is 0 Å². The molecule has 96 valence electrons. The fourth-order valence-corrected chi connectivity index (χ4v) is 3.11. The van der Waals surface area contributed by atoms with E-state index in [0.717, 1.165) is 0 Å². The molecule has 1 fully saturated rings. The van der Waals surface area contributed by atoms with Gasteiger partial charge in [0.1, 0.15) is 0 Å². The summed E-state index contributed by atoms with van der Waals surface area (Å²) in [5, 5.41) is 0. The zero-order valence-corrected chi connectivity index (χ0v) is 10.7. The van der Waals surface area contributed by atoms with Crippen molar-refractivity contribution in [3.05, 3.63) is 0 Å². The number of nitrogens with one attached hydrogen (secondary N) is 1. The van der Waals surface area contributed by atoms with Crippen LogP contribution in [0.15, 0.2) is 0 Å². The minimum atomic E-state index is -3.38. The zero-order chi connectivity index (χ0) is 12.2. The highest BCUT2D eigenvalue weighted by Crippen LogP contribution is 2.05. The van der Waals surface area contributed by atoms with Crippen molar-refractivity contribution in [3.63, 3.8) is 0 Å². The summed E-state index contributed by atoms with van der Waals surface area (Å²) in [4.78, 5) is 0. The second-order valence-electron chi connectivity index (χ2n) is 4.25. The normalized spacial score (nSPS) is 22.9. The van der Waals surface area contributed by atoms with Gasteiger partial charge in [0.25, 0.3) is 10.2 Å². The van der Waals surface area contributed by atoms with Gasteiger partial charge in [0.2, 0.25) is 0 Å². The van der Waals surface area contributed by atoms with Crippen LogP contribution < -0.4 is 10.5 Å². The minimum absolute atomic E-state index is 0.0117. The molecule has 0 aromatic rings. The monoisotopic (exact) mass is 251 g/mol. The Hall–Kier alpha value is -0.210. The van der Waals surface area contributed by atoms with Crippen molar-refractivity contribution >= 4 is 10.2 Å². The highest BCUT2D eigenvalue weighted by molar-refractivity contribution is 7.87. The van der Waals surface area contributed by atoms with Crippen LogP contribution in [0, 0.1) is 0 Å². The van der Waals surface area contributed by atoms with Crippen molar-refractivity contribution < 1.29 is 13.2 Å². The summed E-state index contributed by atoms with van der Waals surface area (Å²) in [6.45, 7) is 5.44. The smallest absolute Gasteiger partial charge is 0.279 e. The molecule has 0 aromatic heterocycles. The summed E-state index contributed by atoms with van der Waals surface area (Å²) in [6, 6.07) is -0.157. The van der Waals surface area contributed by atoms with E-state index in [-0.39, 0.29) is 12.1 Å². The second kappa shape index (κ2) is 5.92. The number of ether oxygens (including phenoxy) is 1. The molecule has 0 bridgehead atoms. The second-order valence-corrected chi connectivity index (χ2v) is 5.95. The van der Waals surface area contributed by atoms with E-state index in [2.05, 4.69) is 4.72 Å². The van der Waals surface area contributed by atoms with Crippen LogP contribution in [0.5, 0.6) is 0 Å². The molecule has 0 amide bonds. The summed E-state index contributed by atoms with van der Waals surface area (Å²) in [5.74, 6) is 0. The van der Waals surface area contributed by atoms with Crippen LogP contribution in [0.1, 0.15) is 20.3 Å². The number of nitrogens with zero attached hydrogens (tertiary/aromatic N) is 1. The fourth-order valence-electron chi connectivity index (χ4n) is 1.72.